The lowest BCUT2D eigenvalue weighted by atomic mass is 10.3. The molecule has 6 heteroatoms. The Morgan fingerprint density at radius 3 is 2.68 bits per heavy atom. The molecule has 98 valence electrons. The van der Waals surface area contributed by atoms with Crippen LogP contribution in [0, 0.1) is 11.3 Å². The normalized spacial score (nSPS) is 10.5. The van der Waals surface area contributed by atoms with E-state index in [0.717, 1.165) is 0 Å². The molecule has 0 aliphatic heterocycles. The van der Waals surface area contributed by atoms with E-state index < -0.39 is 0 Å². The van der Waals surface area contributed by atoms with E-state index >= 15 is 0 Å². The van der Waals surface area contributed by atoms with Gasteiger partial charge >= 0.3 is 0 Å². The second-order valence-electron chi connectivity index (χ2n) is 4.38. The quantitative estimate of drug-likeness (QED) is 0.903. The third-order valence-corrected chi connectivity index (χ3v) is 2.86. The molecule has 3 N–H and O–H groups in total. The van der Waals surface area contributed by atoms with E-state index in [0.29, 0.717) is 22.1 Å². The summed E-state index contributed by atoms with van der Waals surface area (Å²) in [5.74, 6) is 0.744. The molecule has 5 nitrogen and oxygen atoms in total. The lowest BCUT2D eigenvalue weighted by Crippen LogP contribution is -2.11. The number of nitrogens with zero attached hydrogens (tertiary/aromatic N) is 3. The van der Waals surface area contributed by atoms with Gasteiger partial charge in [-0.15, -0.1) is 5.10 Å². The lowest BCUT2D eigenvalue weighted by molar-refractivity contribution is 0.850. The summed E-state index contributed by atoms with van der Waals surface area (Å²) < 4.78 is 1.48. The summed E-state index contributed by atoms with van der Waals surface area (Å²) in [5.41, 5.74) is 6.95. The molecule has 1 heterocycles. The van der Waals surface area contributed by atoms with Crippen LogP contribution < -0.4 is 11.1 Å². The molecule has 0 aliphatic rings. The van der Waals surface area contributed by atoms with Crippen LogP contribution in [0.3, 0.4) is 0 Å². The van der Waals surface area contributed by atoms with Gasteiger partial charge in [0.15, 0.2) is 5.82 Å². The number of rotatable bonds is 3. The van der Waals surface area contributed by atoms with Crippen LogP contribution in [0.2, 0.25) is 5.02 Å². The van der Waals surface area contributed by atoms with Crippen molar-refractivity contribution in [1.82, 2.24) is 9.78 Å². The number of hydrogen-bond acceptors (Lipinski definition) is 4. The number of anilines is 2. The molecule has 1 aromatic heterocycles. The zero-order valence-corrected chi connectivity index (χ0v) is 11.4. The lowest BCUT2D eigenvalue weighted by Gasteiger charge is -2.06. The first kappa shape index (κ1) is 13.2. The van der Waals surface area contributed by atoms with Gasteiger partial charge in [0.05, 0.1) is 10.7 Å². The zero-order chi connectivity index (χ0) is 14.0. The summed E-state index contributed by atoms with van der Waals surface area (Å²) >= 11 is 6.12. The van der Waals surface area contributed by atoms with Crippen molar-refractivity contribution >= 4 is 23.2 Å². The summed E-state index contributed by atoms with van der Waals surface area (Å²) in [6.45, 7) is 3.93. The standard InChI is InChI=1S/C13H14ClN5/c1-8(2)17-13-9(7-15)12(16)19(18-13)11-6-4-3-5-10(11)14/h3-6,8H,16H2,1-2H3,(H,17,18). The average molecular weight is 276 g/mol. The van der Waals surface area contributed by atoms with Crippen molar-refractivity contribution in [2.45, 2.75) is 19.9 Å². The van der Waals surface area contributed by atoms with Crippen molar-refractivity contribution in [2.75, 3.05) is 11.1 Å². The van der Waals surface area contributed by atoms with E-state index in [2.05, 4.69) is 16.5 Å². The number of nitrogens with one attached hydrogen (secondary N) is 1. The molecule has 1 aromatic carbocycles. The van der Waals surface area contributed by atoms with E-state index in [1.807, 2.05) is 26.0 Å². The first-order valence-electron chi connectivity index (χ1n) is 5.84. The second kappa shape index (κ2) is 5.21. The smallest absolute Gasteiger partial charge is 0.168 e. The van der Waals surface area contributed by atoms with Crippen LogP contribution in [0.4, 0.5) is 11.6 Å². The largest absolute Gasteiger partial charge is 0.382 e. The van der Waals surface area contributed by atoms with Crippen molar-refractivity contribution in [2.24, 2.45) is 0 Å². The van der Waals surface area contributed by atoms with Crippen LogP contribution in [-0.4, -0.2) is 15.8 Å². The number of nitriles is 1. The molecule has 2 aromatic rings. The summed E-state index contributed by atoms with van der Waals surface area (Å²) in [5, 5.41) is 17.1. The van der Waals surface area contributed by atoms with Gasteiger partial charge in [0.1, 0.15) is 17.5 Å². The number of benzene rings is 1. The third kappa shape index (κ3) is 2.49. The number of nitrogen functional groups attached to an aromatic ring is 1. The Bertz CT molecular complexity index is 639. The summed E-state index contributed by atoms with van der Waals surface area (Å²) in [6.07, 6.45) is 0. The fourth-order valence-electron chi connectivity index (χ4n) is 1.72. The number of nitrogens with two attached hydrogens (primary N) is 1. The van der Waals surface area contributed by atoms with Crippen LogP contribution in [0.1, 0.15) is 19.4 Å². The highest BCUT2D eigenvalue weighted by Crippen LogP contribution is 2.28. The number of para-hydroxylation sites is 1. The zero-order valence-electron chi connectivity index (χ0n) is 10.7. The van der Waals surface area contributed by atoms with Crippen molar-refractivity contribution in [3.63, 3.8) is 0 Å². The molecule has 0 saturated carbocycles. The molecule has 0 unspecified atom stereocenters. The van der Waals surface area contributed by atoms with Crippen LogP contribution >= 0.6 is 11.6 Å². The Kier molecular flexibility index (Phi) is 3.63. The van der Waals surface area contributed by atoms with Gasteiger partial charge in [0.2, 0.25) is 0 Å². The van der Waals surface area contributed by atoms with Crippen LogP contribution in [0.25, 0.3) is 5.69 Å². The summed E-state index contributed by atoms with van der Waals surface area (Å²) in [7, 11) is 0. The number of aromatic nitrogens is 2. The van der Waals surface area contributed by atoms with Crippen molar-refractivity contribution in [3.8, 4) is 11.8 Å². The van der Waals surface area contributed by atoms with E-state index in [-0.39, 0.29) is 11.9 Å². The summed E-state index contributed by atoms with van der Waals surface area (Å²) in [4.78, 5) is 0. The number of halogens is 1. The minimum absolute atomic E-state index is 0.154. The van der Waals surface area contributed by atoms with Gasteiger partial charge in [-0.1, -0.05) is 23.7 Å². The minimum Gasteiger partial charge on any atom is -0.382 e. The summed E-state index contributed by atoms with van der Waals surface area (Å²) in [6, 6.07) is 9.43. The molecule has 0 radical (unpaired) electrons. The van der Waals surface area contributed by atoms with E-state index in [4.69, 9.17) is 17.3 Å². The predicted molar refractivity (Wildman–Crippen MR) is 76.5 cm³/mol. The second-order valence-corrected chi connectivity index (χ2v) is 4.79. The van der Waals surface area contributed by atoms with Crippen molar-refractivity contribution < 1.29 is 0 Å². The average Bonchev–Trinajstić information content (AvgIpc) is 2.65. The Balaban J connectivity index is 2.57. The number of hydrogen-bond donors (Lipinski definition) is 2. The SMILES string of the molecule is CC(C)Nc1nn(-c2ccccc2Cl)c(N)c1C#N. The van der Waals surface area contributed by atoms with Gasteiger partial charge in [0, 0.05) is 6.04 Å². The first-order chi connectivity index (χ1) is 9.04. The fourth-order valence-corrected chi connectivity index (χ4v) is 1.94. The first-order valence-corrected chi connectivity index (χ1v) is 6.22. The molecule has 0 saturated heterocycles. The Hall–Kier alpha value is -2.19. The maximum Gasteiger partial charge on any atom is 0.168 e. The molecule has 0 atom stereocenters. The van der Waals surface area contributed by atoms with E-state index in [9.17, 15) is 5.26 Å². The van der Waals surface area contributed by atoms with E-state index in [1.165, 1.54) is 4.68 Å². The molecule has 19 heavy (non-hydrogen) atoms. The maximum absolute atomic E-state index is 9.19. The van der Waals surface area contributed by atoms with Crippen LogP contribution in [0.15, 0.2) is 24.3 Å². The van der Waals surface area contributed by atoms with E-state index in [1.54, 1.807) is 12.1 Å². The monoisotopic (exact) mass is 275 g/mol. The molecular formula is C13H14ClN5. The highest BCUT2D eigenvalue weighted by Gasteiger charge is 2.18. The molecular weight excluding hydrogens is 262 g/mol. The van der Waals surface area contributed by atoms with Crippen molar-refractivity contribution in [3.05, 3.63) is 34.9 Å². The molecule has 0 bridgehead atoms. The van der Waals surface area contributed by atoms with Gasteiger partial charge in [-0.25, -0.2) is 4.68 Å². The van der Waals surface area contributed by atoms with Crippen molar-refractivity contribution in [1.29, 1.82) is 5.26 Å². The molecule has 0 spiro atoms. The third-order valence-electron chi connectivity index (χ3n) is 2.54. The topological polar surface area (TPSA) is 79.7 Å². The van der Waals surface area contributed by atoms with Crippen LogP contribution in [-0.2, 0) is 0 Å². The maximum atomic E-state index is 9.19. The fraction of sp³-hybridized carbons (Fsp3) is 0.231. The minimum atomic E-state index is 0.154. The molecule has 2 rings (SSSR count). The highest BCUT2D eigenvalue weighted by molar-refractivity contribution is 6.32. The Labute approximate surface area is 116 Å². The van der Waals surface area contributed by atoms with Gasteiger partial charge in [0.25, 0.3) is 0 Å². The van der Waals surface area contributed by atoms with Gasteiger partial charge in [-0.2, -0.15) is 5.26 Å². The Morgan fingerprint density at radius 1 is 1.42 bits per heavy atom. The van der Waals surface area contributed by atoms with Gasteiger partial charge in [-0.05, 0) is 26.0 Å². The highest BCUT2D eigenvalue weighted by atomic mass is 35.5. The molecule has 0 fully saturated rings. The Morgan fingerprint density at radius 2 is 2.11 bits per heavy atom. The predicted octanol–water partition coefficient (Wildman–Crippen LogP) is 2.80. The van der Waals surface area contributed by atoms with Crippen LogP contribution in [0.5, 0.6) is 0 Å². The molecule has 0 amide bonds. The van der Waals surface area contributed by atoms with Gasteiger partial charge in [-0.3, -0.25) is 0 Å². The van der Waals surface area contributed by atoms with Gasteiger partial charge < -0.3 is 11.1 Å². The molecule has 0 aliphatic carbocycles.